The Balaban J connectivity index is 0.00000264. The summed E-state index contributed by atoms with van der Waals surface area (Å²) >= 11 is 0. The lowest BCUT2D eigenvalue weighted by Crippen LogP contribution is -2.52. The fraction of sp³-hybridized carbons (Fsp3) is 0.562. The summed E-state index contributed by atoms with van der Waals surface area (Å²) < 4.78 is 28.4. The Hall–Kier alpha value is -1.40. The van der Waals surface area contributed by atoms with Crippen LogP contribution in [0.5, 0.6) is 5.75 Å². The van der Waals surface area contributed by atoms with E-state index in [0.717, 1.165) is 31.2 Å². The number of hydrogen-bond acceptors (Lipinski definition) is 3. The highest BCUT2D eigenvalue weighted by Gasteiger charge is 2.37. The van der Waals surface area contributed by atoms with Crippen LogP contribution < -0.4 is 15.8 Å². The summed E-state index contributed by atoms with van der Waals surface area (Å²) in [5, 5.41) is 2.88. The van der Waals surface area contributed by atoms with Gasteiger partial charge in [-0.05, 0) is 37.5 Å². The predicted molar refractivity (Wildman–Crippen MR) is 86.7 cm³/mol. The molecule has 130 valence electrons. The number of carbonyl (C=O) groups excluding carboxylic acids is 1. The largest absolute Gasteiger partial charge is 0.435 e. The number of ether oxygens (including phenoxy) is 1. The highest BCUT2D eigenvalue weighted by molar-refractivity contribution is 5.85. The van der Waals surface area contributed by atoms with Crippen molar-refractivity contribution in [1.29, 1.82) is 0 Å². The Morgan fingerprint density at radius 3 is 2.61 bits per heavy atom. The zero-order valence-electron chi connectivity index (χ0n) is 13.1. The van der Waals surface area contributed by atoms with Crippen molar-refractivity contribution < 1.29 is 18.3 Å². The van der Waals surface area contributed by atoms with Crippen molar-refractivity contribution in [3.05, 3.63) is 29.8 Å². The minimum atomic E-state index is -2.83. The van der Waals surface area contributed by atoms with E-state index in [2.05, 4.69) is 10.1 Å². The first-order chi connectivity index (χ1) is 10.4. The predicted octanol–water partition coefficient (Wildman–Crippen LogP) is 3.23. The Morgan fingerprint density at radius 1 is 1.39 bits per heavy atom. The van der Waals surface area contributed by atoms with Crippen molar-refractivity contribution in [1.82, 2.24) is 5.32 Å². The molecule has 23 heavy (non-hydrogen) atoms. The van der Waals surface area contributed by atoms with Crippen LogP contribution in [0.1, 0.15) is 38.2 Å². The zero-order valence-corrected chi connectivity index (χ0v) is 13.9. The fourth-order valence-corrected chi connectivity index (χ4v) is 2.89. The van der Waals surface area contributed by atoms with E-state index in [1.165, 1.54) is 12.1 Å². The van der Waals surface area contributed by atoms with Gasteiger partial charge in [-0.3, -0.25) is 4.79 Å². The lowest BCUT2D eigenvalue weighted by molar-refractivity contribution is -0.128. The van der Waals surface area contributed by atoms with Gasteiger partial charge in [0.15, 0.2) is 0 Å². The van der Waals surface area contributed by atoms with Crippen LogP contribution in [0, 0.1) is 5.92 Å². The van der Waals surface area contributed by atoms with Crippen molar-refractivity contribution in [3.8, 4) is 5.75 Å². The molecule has 1 aliphatic rings. The van der Waals surface area contributed by atoms with Gasteiger partial charge >= 0.3 is 6.61 Å². The molecular formula is C16H23ClF2N2O2. The molecule has 2 unspecified atom stereocenters. The number of nitrogens with two attached hydrogens (primary N) is 1. The second kappa shape index (κ2) is 8.45. The summed E-state index contributed by atoms with van der Waals surface area (Å²) in [6.45, 7) is -0.563. The van der Waals surface area contributed by atoms with Gasteiger partial charge in [-0.15, -0.1) is 12.4 Å². The standard InChI is InChI=1S/C16H22F2N2O2.ClH/c1-16(19)9-3-2-4-13(16)14(21)20-10-11-5-7-12(8-6-11)22-15(17)18;/h5-8,13,15H,2-4,9-10,19H2,1H3,(H,20,21);1H. The molecule has 1 fully saturated rings. The van der Waals surface area contributed by atoms with Crippen molar-refractivity contribution in [2.24, 2.45) is 11.7 Å². The molecule has 0 heterocycles. The summed E-state index contributed by atoms with van der Waals surface area (Å²) in [7, 11) is 0. The van der Waals surface area contributed by atoms with Crippen molar-refractivity contribution >= 4 is 18.3 Å². The molecule has 0 bridgehead atoms. The first-order valence-electron chi connectivity index (χ1n) is 7.49. The molecule has 0 aliphatic heterocycles. The van der Waals surface area contributed by atoms with Crippen molar-refractivity contribution in [3.63, 3.8) is 0 Å². The van der Waals surface area contributed by atoms with Crippen molar-refractivity contribution in [2.45, 2.75) is 51.3 Å². The molecule has 0 spiro atoms. The van der Waals surface area contributed by atoms with Gasteiger partial charge in [0, 0.05) is 12.1 Å². The number of nitrogens with one attached hydrogen (secondary N) is 1. The average Bonchev–Trinajstić information content (AvgIpc) is 2.45. The van der Waals surface area contributed by atoms with Crippen LogP contribution in [-0.4, -0.2) is 18.1 Å². The second-order valence-corrected chi connectivity index (χ2v) is 6.04. The summed E-state index contributed by atoms with van der Waals surface area (Å²) in [4.78, 5) is 12.3. The third-order valence-electron chi connectivity index (χ3n) is 4.19. The molecule has 2 rings (SSSR count). The van der Waals surface area contributed by atoms with E-state index in [9.17, 15) is 13.6 Å². The zero-order chi connectivity index (χ0) is 16.2. The molecule has 1 aliphatic carbocycles. The minimum Gasteiger partial charge on any atom is -0.435 e. The van der Waals surface area contributed by atoms with E-state index in [1.54, 1.807) is 12.1 Å². The monoisotopic (exact) mass is 348 g/mol. The number of halogens is 3. The number of alkyl halides is 2. The van der Waals surface area contributed by atoms with E-state index in [0.29, 0.717) is 6.54 Å². The summed E-state index contributed by atoms with van der Waals surface area (Å²) in [6, 6.07) is 6.23. The van der Waals surface area contributed by atoms with Gasteiger partial charge in [0.2, 0.25) is 5.91 Å². The number of rotatable bonds is 5. The van der Waals surface area contributed by atoms with E-state index in [4.69, 9.17) is 5.73 Å². The minimum absolute atomic E-state index is 0. The second-order valence-electron chi connectivity index (χ2n) is 6.04. The third-order valence-corrected chi connectivity index (χ3v) is 4.19. The van der Waals surface area contributed by atoms with Crippen LogP contribution in [0.2, 0.25) is 0 Å². The molecule has 3 N–H and O–H groups in total. The van der Waals surface area contributed by atoms with Gasteiger partial charge in [-0.1, -0.05) is 25.0 Å². The molecule has 1 saturated carbocycles. The molecule has 0 radical (unpaired) electrons. The van der Waals surface area contributed by atoms with E-state index in [1.807, 2.05) is 6.92 Å². The summed E-state index contributed by atoms with van der Waals surface area (Å²) in [6.07, 6.45) is 3.73. The molecular weight excluding hydrogens is 326 g/mol. The van der Waals surface area contributed by atoms with E-state index < -0.39 is 12.2 Å². The Kier molecular flexibility index (Phi) is 7.22. The third kappa shape index (κ3) is 5.62. The first-order valence-corrected chi connectivity index (χ1v) is 7.49. The van der Waals surface area contributed by atoms with Crippen LogP contribution >= 0.6 is 12.4 Å². The first kappa shape index (κ1) is 19.6. The lowest BCUT2D eigenvalue weighted by Gasteiger charge is -2.37. The number of benzene rings is 1. The molecule has 0 saturated heterocycles. The van der Waals surface area contributed by atoms with Crippen LogP contribution in [-0.2, 0) is 11.3 Å². The molecule has 1 aromatic carbocycles. The summed E-state index contributed by atoms with van der Waals surface area (Å²) in [5.74, 6) is -0.118. The maximum Gasteiger partial charge on any atom is 0.387 e. The van der Waals surface area contributed by atoms with Gasteiger partial charge in [-0.2, -0.15) is 8.78 Å². The molecule has 7 heteroatoms. The normalized spacial score (nSPS) is 24.0. The molecule has 1 aromatic rings. The average molecular weight is 349 g/mol. The topological polar surface area (TPSA) is 64.4 Å². The number of hydrogen-bond donors (Lipinski definition) is 2. The van der Waals surface area contributed by atoms with Crippen LogP contribution in [0.3, 0.4) is 0 Å². The van der Waals surface area contributed by atoms with Gasteiger partial charge in [-0.25, -0.2) is 0 Å². The van der Waals surface area contributed by atoms with Crippen LogP contribution in [0.15, 0.2) is 24.3 Å². The molecule has 1 amide bonds. The Labute approximate surface area is 141 Å². The highest BCUT2D eigenvalue weighted by atomic mass is 35.5. The van der Waals surface area contributed by atoms with Gasteiger partial charge < -0.3 is 15.8 Å². The number of amides is 1. The number of carbonyl (C=O) groups is 1. The fourth-order valence-electron chi connectivity index (χ4n) is 2.89. The molecule has 2 atom stereocenters. The summed E-state index contributed by atoms with van der Waals surface area (Å²) in [5.41, 5.74) is 6.57. The van der Waals surface area contributed by atoms with Crippen LogP contribution in [0.4, 0.5) is 8.78 Å². The molecule has 0 aromatic heterocycles. The Morgan fingerprint density at radius 2 is 2.04 bits per heavy atom. The van der Waals surface area contributed by atoms with Gasteiger partial charge in [0.05, 0.1) is 5.92 Å². The highest BCUT2D eigenvalue weighted by Crippen LogP contribution is 2.31. The quantitative estimate of drug-likeness (QED) is 0.858. The van der Waals surface area contributed by atoms with Gasteiger partial charge in [0.25, 0.3) is 0 Å². The van der Waals surface area contributed by atoms with E-state index >= 15 is 0 Å². The SMILES string of the molecule is CC1(N)CCCCC1C(=O)NCc1ccc(OC(F)F)cc1.Cl. The molecule has 4 nitrogen and oxygen atoms in total. The van der Waals surface area contributed by atoms with Crippen LogP contribution in [0.25, 0.3) is 0 Å². The van der Waals surface area contributed by atoms with Gasteiger partial charge in [0.1, 0.15) is 5.75 Å². The smallest absolute Gasteiger partial charge is 0.387 e. The van der Waals surface area contributed by atoms with Crippen molar-refractivity contribution in [2.75, 3.05) is 0 Å². The van der Waals surface area contributed by atoms with E-state index in [-0.39, 0.29) is 30.0 Å². The maximum absolute atomic E-state index is 12.3. The Bertz CT molecular complexity index is 509. The maximum atomic E-state index is 12.3. The lowest BCUT2D eigenvalue weighted by atomic mass is 9.74.